The van der Waals surface area contributed by atoms with Gasteiger partial charge in [-0.2, -0.15) is 0 Å². The van der Waals surface area contributed by atoms with Gasteiger partial charge < -0.3 is 22.3 Å². The standard InChI is InChI=1S/C20H14N4.2H3N/c1-2-14-10-16-5-6-18(23-16)12-20-8-7-19(24-20)11-17-4-3-15(22-17)9-13(1)21-14;;/h1-12,21,24H;2*1H3. The van der Waals surface area contributed by atoms with Crippen molar-refractivity contribution in [2.45, 2.75) is 0 Å². The molecule has 6 heteroatoms. The summed E-state index contributed by atoms with van der Waals surface area (Å²) in [5.41, 5.74) is 7.86. The number of H-pyrrole nitrogens is 2. The minimum Gasteiger partial charge on any atom is -0.355 e. The number of hydrogen-bond donors (Lipinski definition) is 4. The van der Waals surface area contributed by atoms with Gasteiger partial charge in [0.1, 0.15) is 0 Å². The highest BCUT2D eigenvalue weighted by molar-refractivity contribution is 5.77. The van der Waals surface area contributed by atoms with Crippen molar-refractivity contribution in [1.82, 2.24) is 32.2 Å². The minimum atomic E-state index is 0. The number of aromatic amines is 2. The van der Waals surface area contributed by atoms with E-state index in [1.54, 1.807) is 0 Å². The van der Waals surface area contributed by atoms with Crippen LogP contribution in [0.3, 0.4) is 0 Å². The number of fused-ring (bicyclic) bond motifs is 8. The predicted octanol–water partition coefficient (Wildman–Crippen LogP) is 4.98. The molecule has 6 nitrogen and oxygen atoms in total. The van der Waals surface area contributed by atoms with Crippen molar-refractivity contribution in [2.75, 3.05) is 0 Å². The second-order valence-corrected chi connectivity index (χ2v) is 5.91. The molecule has 0 radical (unpaired) electrons. The number of rotatable bonds is 0. The number of aromatic nitrogens is 4. The lowest BCUT2D eigenvalue weighted by molar-refractivity contribution is 1.31. The third kappa shape index (κ3) is 3.32. The molecule has 0 atom stereocenters. The predicted molar refractivity (Wildman–Crippen MR) is 109 cm³/mol. The van der Waals surface area contributed by atoms with Gasteiger partial charge in [0.15, 0.2) is 0 Å². The third-order valence-corrected chi connectivity index (χ3v) is 4.04. The van der Waals surface area contributed by atoms with Crippen LogP contribution >= 0.6 is 0 Å². The Morgan fingerprint density at radius 2 is 0.731 bits per heavy atom. The van der Waals surface area contributed by atoms with E-state index in [1.165, 1.54) is 0 Å². The molecule has 2 aliphatic rings. The van der Waals surface area contributed by atoms with Gasteiger partial charge in [-0.15, -0.1) is 0 Å². The lowest BCUT2D eigenvalue weighted by Gasteiger charge is -1.85. The second kappa shape index (κ2) is 6.79. The molecule has 0 saturated carbocycles. The van der Waals surface area contributed by atoms with Gasteiger partial charge in [0, 0.05) is 22.1 Å². The largest absolute Gasteiger partial charge is 0.355 e. The SMILES string of the molecule is C1=Cc2cc3ccc(cc4nc(cc5ccc(cc1n2)[nH]5)C=C4)[nH]3.N.N. The number of nitrogens with zero attached hydrogens (tertiary/aromatic N) is 2. The molecule has 3 aromatic heterocycles. The Kier molecular flexibility index (Phi) is 4.53. The summed E-state index contributed by atoms with van der Waals surface area (Å²) in [6.07, 6.45) is 8.09. The molecular weight excluding hydrogens is 324 g/mol. The zero-order valence-electron chi connectivity index (χ0n) is 14.2. The van der Waals surface area contributed by atoms with Crippen molar-refractivity contribution in [3.63, 3.8) is 0 Å². The fraction of sp³-hybridized carbons (Fsp3) is 0. The smallest absolute Gasteiger partial charge is 0.0658 e. The summed E-state index contributed by atoms with van der Waals surface area (Å²) in [5.74, 6) is 0. The van der Waals surface area contributed by atoms with Gasteiger partial charge in [0.25, 0.3) is 0 Å². The minimum absolute atomic E-state index is 0. The van der Waals surface area contributed by atoms with Crippen LogP contribution < -0.4 is 12.3 Å². The molecule has 0 aliphatic carbocycles. The fourth-order valence-electron chi connectivity index (χ4n) is 2.94. The highest BCUT2D eigenvalue weighted by Gasteiger charge is 2.00. The third-order valence-electron chi connectivity index (χ3n) is 4.04. The average molecular weight is 344 g/mol. The fourth-order valence-corrected chi connectivity index (χ4v) is 2.94. The quantitative estimate of drug-likeness (QED) is 0.316. The van der Waals surface area contributed by atoms with Gasteiger partial charge in [-0.1, -0.05) is 0 Å². The van der Waals surface area contributed by atoms with Gasteiger partial charge in [-0.3, -0.25) is 0 Å². The molecule has 8 bridgehead atoms. The maximum Gasteiger partial charge on any atom is 0.0658 e. The molecule has 5 rings (SSSR count). The Balaban J connectivity index is 0.000000980. The molecule has 8 N–H and O–H groups in total. The summed E-state index contributed by atoms with van der Waals surface area (Å²) in [5, 5.41) is 0. The summed E-state index contributed by atoms with van der Waals surface area (Å²) >= 11 is 0. The van der Waals surface area contributed by atoms with Crippen molar-refractivity contribution in [2.24, 2.45) is 0 Å². The molecule has 0 amide bonds. The monoisotopic (exact) mass is 344 g/mol. The normalized spacial score (nSPS) is 11.7. The van der Waals surface area contributed by atoms with E-state index in [0.29, 0.717) is 0 Å². The van der Waals surface area contributed by atoms with Gasteiger partial charge >= 0.3 is 0 Å². The van der Waals surface area contributed by atoms with E-state index in [0.717, 1.165) is 44.8 Å². The van der Waals surface area contributed by atoms with Crippen LogP contribution in [-0.2, 0) is 0 Å². The second-order valence-electron chi connectivity index (χ2n) is 5.91. The van der Waals surface area contributed by atoms with Crippen molar-refractivity contribution in [3.05, 3.63) is 71.3 Å². The van der Waals surface area contributed by atoms with Crippen LogP contribution in [-0.4, -0.2) is 19.9 Å². The van der Waals surface area contributed by atoms with Crippen LogP contribution in [0.5, 0.6) is 0 Å². The van der Waals surface area contributed by atoms with Crippen LogP contribution in [0.4, 0.5) is 0 Å². The summed E-state index contributed by atoms with van der Waals surface area (Å²) < 4.78 is 0. The van der Waals surface area contributed by atoms with Crippen LogP contribution in [0.15, 0.2) is 48.5 Å². The Labute approximate surface area is 150 Å². The maximum absolute atomic E-state index is 4.63. The van der Waals surface area contributed by atoms with E-state index in [2.05, 4.69) is 44.2 Å². The van der Waals surface area contributed by atoms with Crippen LogP contribution in [0.25, 0.3) is 46.4 Å². The Morgan fingerprint density at radius 3 is 1.00 bits per heavy atom. The molecule has 0 aromatic carbocycles. The van der Waals surface area contributed by atoms with Crippen molar-refractivity contribution in [3.8, 4) is 0 Å². The maximum atomic E-state index is 4.63. The van der Waals surface area contributed by atoms with E-state index in [1.807, 2.05) is 48.6 Å². The van der Waals surface area contributed by atoms with Crippen LogP contribution in [0.2, 0.25) is 0 Å². The Morgan fingerprint density at radius 1 is 0.462 bits per heavy atom. The highest BCUT2D eigenvalue weighted by Crippen LogP contribution is 2.16. The lowest BCUT2D eigenvalue weighted by Crippen LogP contribution is -1.75. The molecule has 130 valence electrons. The molecule has 0 unspecified atom stereocenters. The van der Waals surface area contributed by atoms with Gasteiger partial charge in [0.05, 0.1) is 22.8 Å². The zero-order valence-corrected chi connectivity index (χ0v) is 14.2. The van der Waals surface area contributed by atoms with E-state index >= 15 is 0 Å². The van der Waals surface area contributed by atoms with Crippen LogP contribution in [0.1, 0.15) is 22.8 Å². The molecule has 2 aliphatic heterocycles. The molecule has 0 fully saturated rings. The molecule has 0 spiro atoms. The Hall–Kier alpha value is -3.48. The van der Waals surface area contributed by atoms with Gasteiger partial charge in [0.2, 0.25) is 0 Å². The first-order chi connectivity index (χ1) is 11.8. The first kappa shape index (κ1) is 17.3. The van der Waals surface area contributed by atoms with Crippen LogP contribution in [0, 0.1) is 0 Å². The molecule has 26 heavy (non-hydrogen) atoms. The number of nitrogens with one attached hydrogen (secondary N) is 2. The topological polar surface area (TPSA) is 127 Å². The molecule has 0 saturated heterocycles. The highest BCUT2D eigenvalue weighted by atomic mass is 14.8. The summed E-state index contributed by atoms with van der Waals surface area (Å²) in [6, 6.07) is 16.4. The average Bonchev–Trinajstić information content (AvgIpc) is 3.32. The van der Waals surface area contributed by atoms with Gasteiger partial charge in [-0.25, -0.2) is 9.97 Å². The van der Waals surface area contributed by atoms with E-state index in [9.17, 15) is 0 Å². The first-order valence-electron chi connectivity index (χ1n) is 7.85. The number of hydrogen-bond acceptors (Lipinski definition) is 4. The molecular formula is C20H20N6. The van der Waals surface area contributed by atoms with E-state index in [-0.39, 0.29) is 12.3 Å². The van der Waals surface area contributed by atoms with Gasteiger partial charge in [-0.05, 0) is 72.8 Å². The molecule has 5 heterocycles. The summed E-state index contributed by atoms with van der Waals surface area (Å²) in [7, 11) is 0. The summed E-state index contributed by atoms with van der Waals surface area (Å²) in [6.45, 7) is 0. The summed E-state index contributed by atoms with van der Waals surface area (Å²) in [4.78, 5) is 16.0. The van der Waals surface area contributed by atoms with E-state index < -0.39 is 0 Å². The van der Waals surface area contributed by atoms with E-state index in [4.69, 9.17) is 0 Å². The Bertz CT molecular complexity index is 989. The van der Waals surface area contributed by atoms with Crippen molar-refractivity contribution >= 4 is 46.4 Å². The van der Waals surface area contributed by atoms with Crippen molar-refractivity contribution < 1.29 is 0 Å². The first-order valence-corrected chi connectivity index (χ1v) is 7.85. The molecule has 3 aromatic rings. The van der Waals surface area contributed by atoms with Crippen molar-refractivity contribution in [1.29, 1.82) is 0 Å². The zero-order chi connectivity index (χ0) is 15.9. The lowest BCUT2D eigenvalue weighted by atomic mass is 10.3.